The van der Waals surface area contributed by atoms with Crippen molar-refractivity contribution in [1.82, 2.24) is 15.5 Å². The van der Waals surface area contributed by atoms with E-state index in [-0.39, 0.29) is 17.0 Å². The Hall–Kier alpha value is -0.450. The molecule has 0 aliphatic carbocycles. The van der Waals surface area contributed by atoms with Gasteiger partial charge in [-0.25, -0.2) is 0 Å². The number of hydrogen-bond acceptors (Lipinski definition) is 2. The SMILES string of the molecule is CC[n+]1cnn[nH]1.[Br-]. The van der Waals surface area contributed by atoms with E-state index in [2.05, 4.69) is 15.5 Å². The van der Waals surface area contributed by atoms with Crippen LogP contribution in [-0.2, 0) is 6.54 Å². The van der Waals surface area contributed by atoms with E-state index in [0.29, 0.717) is 0 Å². The van der Waals surface area contributed by atoms with Crippen LogP contribution in [0.5, 0.6) is 0 Å². The molecule has 4 nitrogen and oxygen atoms in total. The molecule has 0 fully saturated rings. The monoisotopic (exact) mass is 178 g/mol. The van der Waals surface area contributed by atoms with Gasteiger partial charge in [0, 0.05) is 0 Å². The zero-order valence-electron chi connectivity index (χ0n) is 4.50. The fourth-order valence-corrected chi connectivity index (χ4v) is 0.350. The highest BCUT2D eigenvalue weighted by molar-refractivity contribution is 4.12. The molecule has 0 saturated carbocycles. The molecular formula is C3H7BrN4. The Labute approximate surface area is 57.7 Å². The first-order chi connectivity index (χ1) is 3.43. The van der Waals surface area contributed by atoms with Crippen molar-refractivity contribution in [2.24, 2.45) is 0 Å². The van der Waals surface area contributed by atoms with Crippen molar-refractivity contribution in [3.63, 3.8) is 0 Å². The molecule has 1 aromatic rings. The standard InChI is InChI=1S/C3H6N4.BrH/c1-2-7-3-4-5-6-7;/h3H,2H2,1H3;1H. The number of aryl methyl sites for hydroxylation is 1. The third-order valence-electron chi connectivity index (χ3n) is 0.763. The number of hydrogen-bond donors (Lipinski definition) is 1. The second-order valence-electron chi connectivity index (χ2n) is 1.22. The van der Waals surface area contributed by atoms with Gasteiger partial charge in [0.2, 0.25) is 0 Å². The molecule has 1 heterocycles. The van der Waals surface area contributed by atoms with Gasteiger partial charge in [0.15, 0.2) is 5.21 Å². The van der Waals surface area contributed by atoms with Crippen molar-refractivity contribution < 1.29 is 21.7 Å². The van der Waals surface area contributed by atoms with E-state index in [0.717, 1.165) is 6.54 Å². The molecule has 0 aliphatic rings. The molecule has 0 aromatic carbocycles. The third kappa shape index (κ3) is 1.57. The molecule has 0 atom stereocenters. The van der Waals surface area contributed by atoms with Crippen LogP contribution in [0.2, 0.25) is 0 Å². The van der Waals surface area contributed by atoms with Crippen molar-refractivity contribution in [2.45, 2.75) is 13.5 Å². The minimum Gasteiger partial charge on any atom is -1.00 e. The molecular weight excluding hydrogens is 172 g/mol. The zero-order chi connectivity index (χ0) is 5.11. The summed E-state index contributed by atoms with van der Waals surface area (Å²) in [5.41, 5.74) is 0. The number of halogens is 1. The molecule has 0 spiro atoms. The minimum absolute atomic E-state index is 0. The summed E-state index contributed by atoms with van der Waals surface area (Å²) in [6.45, 7) is 2.91. The van der Waals surface area contributed by atoms with E-state index in [1.807, 2.05) is 6.92 Å². The molecule has 1 aromatic heterocycles. The van der Waals surface area contributed by atoms with Crippen molar-refractivity contribution in [1.29, 1.82) is 0 Å². The summed E-state index contributed by atoms with van der Waals surface area (Å²) in [6, 6.07) is 0. The first-order valence-corrected chi connectivity index (χ1v) is 2.19. The molecule has 1 rings (SSSR count). The smallest absolute Gasteiger partial charge is 0.288 e. The van der Waals surface area contributed by atoms with Crippen LogP contribution >= 0.6 is 0 Å². The Balaban J connectivity index is 0.000000490. The second-order valence-corrected chi connectivity index (χ2v) is 1.22. The lowest BCUT2D eigenvalue weighted by molar-refractivity contribution is -0.751. The van der Waals surface area contributed by atoms with Crippen LogP contribution in [0, 0.1) is 0 Å². The van der Waals surface area contributed by atoms with Crippen molar-refractivity contribution in [3.8, 4) is 0 Å². The molecule has 1 N–H and O–H groups in total. The molecule has 0 amide bonds. The van der Waals surface area contributed by atoms with E-state index >= 15 is 0 Å². The molecule has 8 heavy (non-hydrogen) atoms. The zero-order valence-corrected chi connectivity index (χ0v) is 6.09. The second kappa shape index (κ2) is 3.54. The molecule has 0 saturated heterocycles. The molecule has 5 heteroatoms. The van der Waals surface area contributed by atoms with Crippen molar-refractivity contribution in [3.05, 3.63) is 6.33 Å². The summed E-state index contributed by atoms with van der Waals surface area (Å²) in [5, 5.41) is 9.67. The fourth-order valence-electron chi connectivity index (χ4n) is 0.350. The summed E-state index contributed by atoms with van der Waals surface area (Å²) in [6.07, 6.45) is 1.64. The number of aromatic nitrogens is 4. The van der Waals surface area contributed by atoms with E-state index in [9.17, 15) is 0 Å². The van der Waals surface area contributed by atoms with Gasteiger partial charge in [-0.05, 0) is 6.92 Å². The van der Waals surface area contributed by atoms with Crippen LogP contribution in [0.3, 0.4) is 0 Å². The Bertz CT molecular complexity index is 126. The first-order valence-electron chi connectivity index (χ1n) is 2.19. The topological polar surface area (TPSA) is 45.5 Å². The van der Waals surface area contributed by atoms with Gasteiger partial charge in [0.25, 0.3) is 6.33 Å². The maximum Gasteiger partial charge on any atom is 0.288 e. The fraction of sp³-hybridized carbons (Fsp3) is 0.667. The number of nitrogens with one attached hydrogen (secondary N) is 1. The van der Waals surface area contributed by atoms with Gasteiger partial charge in [-0.2, -0.15) is 4.68 Å². The van der Waals surface area contributed by atoms with Crippen molar-refractivity contribution in [2.75, 3.05) is 0 Å². The van der Waals surface area contributed by atoms with Gasteiger partial charge >= 0.3 is 0 Å². The number of rotatable bonds is 1. The number of aromatic amines is 1. The van der Waals surface area contributed by atoms with Gasteiger partial charge < -0.3 is 17.0 Å². The van der Waals surface area contributed by atoms with Crippen LogP contribution in [-0.4, -0.2) is 15.5 Å². The van der Waals surface area contributed by atoms with Crippen LogP contribution in [0.15, 0.2) is 6.33 Å². The van der Waals surface area contributed by atoms with E-state index in [1.54, 1.807) is 11.0 Å². The summed E-state index contributed by atoms with van der Waals surface area (Å²) in [4.78, 5) is 0. The number of H-pyrrole nitrogens is 1. The molecule has 46 valence electrons. The molecule has 0 unspecified atom stereocenters. The van der Waals surface area contributed by atoms with Crippen LogP contribution in [0.4, 0.5) is 0 Å². The Morgan fingerprint density at radius 1 is 1.75 bits per heavy atom. The molecule has 0 radical (unpaired) electrons. The highest BCUT2D eigenvalue weighted by atomic mass is 79.9. The third-order valence-corrected chi connectivity index (χ3v) is 0.763. The number of tetrazole rings is 1. The number of nitrogens with zero attached hydrogens (tertiary/aromatic N) is 3. The van der Waals surface area contributed by atoms with Crippen molar-refractivity contribution >= 4 is 0 Å². The summed E-state index contributed by atoms with van der Waals surface area (Å²) >= 11 is 0. The quantitative estimate of drug-likeness (QED) is 0.448. The van der Waals surface area contributed by atoms with E-state index in [1.165, 1.54) is 0 Å². The highest BCUT2D eigenvalue weighted by Gasteiger charge is 1.89. The van der Waals surface area contributed by atoms with Gasteiger partial charge in [0.1, 0.15) is 5.10 Å². The Morgan fingerprint density at radius 3 is 2.75 bits per heavy atom. The normalized spacial score (nSPS) is 8.12. The summed E-state index contributed by atoms with van der Waals surface area (Å²) in [7, 11) is 0. The Kier molecular flexibility index (Phi) is 3.34. The predicted octanol–water partition coefficient (Wildman–Crippen LogP) is -3.88. The largest absolute Gasteiger partial charge is 1.00 e. The van der Waals surface area contributed by atoms with Gasteiger partial charge in [-0.1, -0.05) is 5.21 Å². The van der Waals surface area contributed by atoms with E-state index in [4.69, 9.17) is 0 Å². The maximum atomic E-state index is 3.55. The van der Waals surface area contributed by atoms with Crippen LogP contribution in [0.25, 0.3) is 0 Å². The average Bonchev–Trinajstić information content (AvgIpc) is 2.14. The van der Waals surface area contributed by atoms with Crippen LogP contribution in [0.1, 0.15) is 6.92 Å². The highest BCUT2D eigenvalue weighted by Crippen LogP contribution is 1.53. The lowest BCUT2D eigenvalue weighted by Crippen LogP contribution is -3.00. The van der Waals surface area contributed by atoms with E-state index < -0.39 is 0 Å². The lowest BCUT2D eigenvalue weighted by atomic mass is 10.8. The Morgan fingerprint density at radius 2 is 2.50 bits per heavy atom. The predicted molar refractivity (Wildman–Crippen MR) is 22.3 cm³/mol. The lowest BCUT2D eigenvalue weighted by Gasteiger charge is -1.77. The molecule has 0 bridgehead atoms. The summed E-state index contributed by atoms with van der Waals surface area (Å²) < 4.78 is 1.78. The average molecular weight is 179 g/mol. The van der Waals surface area contributed by atoms with Gasteiger partial charge in [0.05, 0.1) is 6.54 Å². The van der Waals surface area contributed by atoms with Crippen LogP contribution < -0.4 is 21.7 Å². The van der Waals surface area contributed by atoms with Gasteiger partial charge in [-0.15, -0.1) is 0 Å². The summed E-state index contributed by atoms with van der Waals surface area (Å²) in [5.74, 6) is 0. The molecule has 0 aliphatic heterocycles. The minimum atomic E-state index is 0. The van der Waals surface area contributed by atoms with Gasteiger partial charge in [-0.3, -0.25) is 0 Å². The first kappa shape index (κ1) is 7.55. The maximum absolute atomic E-state index is 3.55.